The van der Waals surface area contributed by atoms with Crippen LogP contribution in [0.3, 0.4) is 0 Å². The minimum atomic E-state index is -0.625. The maximum atomic E-state index is 6.07. The number of hydrogen-bond donors (Lipinski definition) is 3. The van der Waals surface area contributed by atoms with Gasteiger partial charge >= 0.3 is 0 Å². The lowest BCUT2D eigenvalue weighted by Crippen LogP contribution is -2.39. The zero-order valence-corrected chi connectivity index (χ0v) is 16.9. The number of nitrogens with two attached hydrogens (primary N) is 2. The normalized spacial score (nSPS) is 11.4. The standard InChI is InChI=1S/C25H27N5/c26-16-17-30-24(20(18-27)19-28-30)29-25(21-10-4-1-5-11-21,22-12-6-2-7-13-22)23-14-8-3-9-15-23/h1-15,19,29H,16-18,26-27H2. The van der Waals surface area contributed by atoms with E-state index in [9.17, 15) is 0 Å². The highest BCUT2D eigenvalue weighted by Crippen LogP contribution is 2.40. The summed E-state index contributed by atoms with van der Waals surface area (Å²) < 4.78 is 1.91. The van der Waals surface area contributed by atoms with Gasteiger partial charge in [0.2, 0.25) is 0 Å². The summed E-state index contributed by atoms with van der Waals surface area (Å²) in [7, 11) is 0. The molecule has 0 radical (unpaired) electrons. The fourth-order valence-corrected chi connectivity index (χ4v) is 3.97. The molecule has 0 spiro atoms. The monoisotopic (exact) mass is 397 g/mol. The van der Waals surface area contributed by atoms with Gasteiger partial charge < -0.3 is 16.8 Å². The maximum Gasteiger partial charge on any atom is 0.130 e. The molecule has 4 aromatic rings. The molecule has 0 saturated heterocycles. The van der Waals surface area contributed by atoms with Crippen LogP contribution in [0.1, 0.15) is 22.3 Å². The predicted molar refractivity (Wildman–Crippen MR) is 122 cm³/mol. The molecule has 4 rings (SSSR count). The molecule has 0 fully saturated rings. The van der Waals surface area contributed by atoms with Gasteiger partial charge in [0.05, 0.1) is 12.7 Å². The molecule has 5 heteroatoms. The van der Waals surface area contributed by atoms with Gasteiger partial charge in [-0.15, -0.1) is 0 Å². The summed E-state index contributed by atoms with van der Waals surface area (Å²) in [6.07, 6.45) is 1.82. The third-order valence-electron chi connectivity index (χ3n) is 5.40. The summed E-state index contributed by atoms with van der Waals surface area (Å²) in [5, 5.41) is 8.40. The van der Waals surface area contributed by atoms with Crippen LogP contribution in [0.4, 0.5) is 5.82 Å². The van der Waals surface area contributed by atoms with Gasteiger partial charge in [0.15, 0.2) is 0 Å². The number of benzene rings is 3. The van der Waals surface area contributed by atoms with Crippen LogP contribution in [0.5, 0.6) is 0 Å². The van der Waals surface area contributed by atoms with Gasteiger partial charge in [0.25, 0.3) is 0 Å². The average molecular weight is 398 g/mol. The molecule has 0 amide bonds. The van der Waals surface area contributed by atoms with E-state index in [0.29, 0.717) is 19.6 Å². The fraction of sp³-hybridized carbons (Fsp3) is 0.160. The summed E-state index contributed by atoms with van der Waals surface area (Å²) in [4.78, 5) is 0. The van der Waals surface area contributed by atoms with E-state index in [0.717, 1.165) is 28.1 Å². The van der Waals surface area contributed by atoms with Crippen LogP contribution < -0.4 is 16.8 Å². The molecule has 0 saturated carbocycles. The zero-order valence-electron chi connectivity index (χ0n) is 16.9. The first-order valence-corrected chi connectivity index (χ1v) is 10.2. The molecule has 0 aliphatic heterocycles. The van der Waals surface area contributed by atoms with Crippen molar-refractivity contribution < 1.29 is 0 Å². The molecular weight excluding hydrogens is 370 g/mol. The second-order valence-corrected chi connectivity index (χ2v) is 7.21. The van der Waals surface area contributed by atoms with Crippen LogP contribution in [0.25, 0.3) is 0 Å². The number of rotatable bonds is 8. The van der Waals surface area contributed by atoms with Gasteiger partial charge in [-0.1, -0.05) is 91.0 Å². The highest BCUT2D eigenvalue weighted by atomic mass is 15.3. The molecule has 0 bridgehead atoms. The first-order valence-electron chi connectivity index (χ1n) is 10.2. The number of nitrogens with one attached hydrogen (secondary N) is 1. The summed E-state index contributed by atoms with van der Waals surface area (Å²) in [5.41, 5.74) is 15.6. The summed E-state index contributed by atoms with van der Waals surface area (Å²) >= 11 is 0. The third kappa shape index (κ3) is 3.61. The largest absolute Gasteiger partial charge is 0.353 e. The van der Waals surface area contributed by atoms with E-state index in [1.54, 1.807) is 0 Å². The molecule has 152 valence electrons. The van der Waals surface area contributed by atoms with Crippen LogP contribution >= 0.6 is 0 Å². The lowest BCUT2D eigenvalue weighted by atomic mass is 9.77. The molecule has 5 N–H and O–H groups in total. The van der Waals surface area contributed by atoms with Crippen LogP contribution in [-0.2, 0) is 18.6 Å². The molecule has 0 unspecified atom stereocenters. The lowest BCUT2D eigenvalue weighted by Gasteiger charge is -2.38. The Kier molecular flexibility index (Phi) is 5.93. The van der Waals surface area contributed by atoms with Gasteiger partial charge in [0.1, 0.15) is 11.4 Å². The van der Waals surface area contributed by atoms with Crippen molar-refractivity contribution in [2.24, 2.45) is 11.5 Å². The molecule has 0 atom stereocenters. The molecule has 0 aliphatic carbocycles. The Bertz CT molecular complexity index is 962. The molecule has 5 nitrogen and oxygen atoms in total. The molecule has 1 heterocycles. The second-order valence-electron chi connectivity index (χ2n) is 7.21. The Morgan fingerprint density at radius 2 is 1.20 bits per heavy atom. The number of aromatic nitrogens is 2. The third-order valence-corrected chi connectivity index (χ3v) is 5.40. The van der Waals surface area contributed by atoms with Crippen LogP contribution in [-0.4, -0.2) is 16.3 Å². The van der Waals surface area contributed by atoms with E-state index in [-0.39, 0.29) is 0 Å². The Labute approximate surface area is 177 Å². The van der Waals surface area contributed by atoms with Crippen molar-refractivity contribution in [1.29, 1.82) is 0 Å². The van der Waals surface area contributed by atoms with Crippen molar-refractivity contribution in [3.05, 3.63) is 119 Å². The predicted octanol–water partition coefficient (Wildman–Crippen LogP) is 3.70. The van der Waals surface area contributed by atoms with Crippen molar-refractivity contribution in [2.75, 3.05) is 11.9 Å². The van der Waals surface area contributed by atoms with E-state index >= 15 is 0 Å². The molecule has 0 aliphatic rings. The summed E-state index contributed by atoms with van der Waals surface area (Å²) in [5.74, 6) is 0.888. The molecule has 30 heavy (non-hydrogen) atoms. The van der Waals surface area contributed by atoms with Crippen molar-refractivity contribution in [2.45, 2.75) is 18.6 Å². The first kappa shape index (κ1) is 19.9. The highest BCUT2D eigenvalue weighted by Gasteiger charge is 2.37. The van der Waals surface area contributed by atoms with Gasteiger partial charge in [-0.2, -0.15) is 5.10 Å². The Morgan fingerprint density at radius 1 is 0.733 bits per heavy atom. The van der Waals surface area contributed by atoms with Crippen molar-refractivity contribution in [3.63, 3.8) is 0 Å². The first-order chi connectivity index (χ1) is 14.8. The average Bonchev–Trinajstić information content (AvgIpc) is 3.20. The SMILES string of the molecule is NCCn1ncc(CN)c1NC(c1ccccc1)(c1ccccc1)c1ccccc1. The van der Waals surface area contributed by atoms with Gasteiger partial charge in [-0.05, 0) is 16.7 Å². The minimum absolute atomic E-state index is 0.390. The number of nitrogens with zero attached hydrogens (tertiary/aromatic N) is 2. The maximum absolute atomic E-state index is 6.07. The van der Waals surface area contributed by atoms with E-state index in [2.05, 4.69) is 83.2 Å². The second kappa shape index (κ2) is 8.95. The summed E-state index contributed by atoms with van der Waals surface area (Å²) in [6.45, 7) is 1.49. The van der Waals surface area contributed by atoms with Gasteiger partial charge in [-0.3, -0.25) is 0 Å². The quantitative estimate of drug-likeness (QED) is 0.396. The Hall–Kier alpha value is -3.41. The minimum Gasteiger partial charge on any atom is -0.353 e. The summed E-state index contributed by atoms with van der Waals surface area (Å²) in [6, 6.07) is 31.4. The van der Waals surface area contributed by atoms with E-state index in [4.69, 9.17) is 11.5 Å². The van der Waals surface area contributed by atoms with Crippen molar-refractivity contribution >= 4 is 5.82 Å². The molecule has 1 aromatic heterocycles. The van der Waals surface area contributed by atoms with Crippen LogP contribution in [0, 0.1) is 0 Å². The van der Waals surface area contributed by atoms with Gasteiger partial charge in [0, 0.05) is 18.7 Å². The Balaban J connectivity index is 2.00. The fourth-order valence-electron chi connectivity index (χ4n) is 3.97. The van der Waals surface area contributed by atoms with Crippen LogP contribution in [0.2, 0.25) is 0 Å². The van der Waals surface area contributed by atoms with E-state index in [1.807, 2.05) is 29.1 Å². The molecular formula is C25H27N5. The Morgan fingerprint density at radius 3 is 1.60 bits per heavy atom. The zero-order chi connectivity index (χ0) is 20.8. The van der Waals surface area contributed by atoms with Gasteiger partial charge in [-0.25, -0.2) is 4.68 Å². The highest BCUT2D eigenvalue weighted by molar-refractivity contribution is 5.60. The van der Waals surface area contributed by atoms with E-state index in [1.165, 1.54) is 0 Å². The van der Waals surface area contributed by atoms with Crippen molar-refractivity contribution in [1.82, 2.24) is 9.78 Å². The smallest absolute Gasteiger partial charge is 0.130 e. The topological polar surface area (TPSA) is 81.9 Å². The van der Waals surface area contributed by atoms with Crippen molar-refractivity contribution in [3.8, 4) is 0 Å². The van der Waals surface area contributed by atoms with Crippen LogP contribution in [0.15, 0.2) is 97.2 Å². The lowest BCUT2D eigenvalue weighted by molar-refractivity contribution is 0.609. The number of hydrogen-bond acceptors (Lipinski definition) is 4. The van der Waals surface area contributed by atoms with E-state index < -0.39 is 5.54 Å². The number of anilines is 1. The molecule has 3 aromatic carbocycles.